The van der Waals surface area contributed by atoms with Crippen molar-refractivity contribution >= 4 is 28.3 Å². The number of carbonyl (C=O) groups excluding carboxylic acids is 2. The Kier molecular flexibility index (Phi) is 5.70. The van der Waals surface area contributed by atoms with E-state index < -0.39 is 18.6 Å². The maximum Gasteiger partial charge on any atom is 0.406 e. The van der Waals surface area contributed by atoms with Crippen LogP contribution in [-0.4, -0.2) is 41.0 Å². The molecule has 2 amide bonds. The summed E-state index contributed by atoms with van der Waals surface area (Å²) in [5, 5.41) is 3.90. The van der Waals surface area contributed by atoms with Crippen LogP contribution in [0.15, 0.2) is 5.38 Å². The van der Waals surface area contributed by atoms with Crippen LogP contribution in [0.3, 0.4) is 0 Å². The summed E-state index contributed by atoms with van der Waals surface area (Å²) in [5.74, 6) is -1.27. The van der Waals surface area contributed by atoms with Gasteiger partial charge in [0.15, 0.2) is 5.13 Å². The van der Waals surface area contributed by atoms with Gasteiger partial charge >= 0.3 is 6.18 Å². The van der Waals surface area contributed by atoms with Gasteiger partial charge in [-0.05, 0) is 5.92 Å². The van der Waals surface area contributed by atoms with Crippen molar-refractivity contribution in [3.05, 3.63) is 11.1 Å². The lowest BCUT2D eigenvalue weighted by Crippen LogP contribution is -2.41. The molecule has 1 rings (SSSR count). The van der Waals surface area contributed by atoms with Crippen LogP contribution in [0.1, 0.15) is 31.3 Å². The molecule has 0 radical (unpaired) electrons. The highest BCUT2D eigenvalue weighted by molar-refractivity contribution is 7.14. The van der Waals surface area contributed by atoms with Crippen molar-refractivity contribution in [1.82, 2.24) is 9.88 Å². The number of hydrogen-bond acceptors (Lipinski definition) is 4. The SMILES string of the molecule is CC(=O)Nc1nc(C(=O)N(CC(C)C)CC(F)(F)F)cs1. The second-order valence-corrected chi connectivity index (χ2v) is 5.77. The topological polar surface area (TPSA) is 62.3 Å². The van der Waals surface area contributed by atoms with Gasteiger partial charge in [-0.1, -0.05) is 13.8 Å². The maximum absolute atomic E-state index is 12.5. The van der Waals surface area contributed by atoms with Crippen LogP contribution in [0, 0.1) is 5.92 Å². The molecule has 0 aliphatic carbocycles. The van der Waals surface area contributed by atoms with E-state index in [9.17, 15) is 22.8 Å². The summed E-state index contributed by atoms with van der Waals surface area (Å²) in [6.45, 7) is 3.38. The summed E-state index contributed by atoms with van der Waals surface area (Å²) in [5.41, 5.74) is -0.103. The number of alkyl halides is 3. The smallest absolute Gasteiger partial charge is 0.328 e. The first-order valence-electron chi connectivity index (χ1n) is 6.17. The number of nitrogens with one attached hydrogen (secondary N) is 1. The lowest BCUT2D eigenvalue weighted by Gasteiger charge is -2.24. The van der Waals surface area contributed by atoms with Crippen molar-refractivity contribution < 1.29 is 22.8 Å². The summed E-state index contributed by atoms with van der Waals surface area (Å²) >= 11 is 0.989. The molecule has 0 unspecified atom stereocenters. The number of rotatable bonds is 5. The quantitative estimate of drug-likeness (QED) is 0.906. The maximum atomic E-state index is 12.5. The predicted octanol–water partition coefficient (Wildman–Crippen LogP) is 2.76. The van der Waals surface area contributed by atoms with Crippen molar-refractivity contribution in [1.29, 1.82) is 0 Å². The fourth-order valence-electron chi connectivity index (χ4n) is 1.62. The van der Waals surface area contributed by atoms with Gasteiger partial charge in [0.2, 0.25) is 5.91 Å². The van der Waals surface area contributed by atoms with Crippen molar-refractivity contribution in [2.75, 3.05) is 18.4 Å². The minimum atomic E-state index is -4.47. The number of aromatic nitrogens is 1. The van der Waals surface area contributed by atoms with Gasteiger partial charge in [0.1, 0.15) is 12.2 Å². The van der Waals surface area contributed by atoms with E-state index in [2.05, 4.69) is 10.3 Å². The van der Waals surface area contributed by atoms with Crippen molar-refractivity contribution in [3.8, 4) is 0 Å². The molecule has 118 valence electrons. The Hall–Kier alpha value is -1.64. The van der Waals surface area contributed by atoms with E-state index in [1.807, 2.05) is 0 Å². The average Bonchev–Trinajstić information content (AvgIpc) is 2.72. The van der Waals surface area contributed by atoms with E-state index >= 15 is 0 Å². The molecule has 0 fully saturated rings. The third-order valence-electron chi connectivity index (χ3n) is 2.25. The Morgan fingerprint density at radius 1 is 1.43 bits per heavy atom. The molecule has 0 aliphatic rings. The molecule has 1 N–H and O–H groups in total. The van der Waals surface area contributed by atoms with E-state index in [0.717, 1.165) is 16.2 Å². The van der Waals surface area contributed by atoms with E-state index in [1.165, 1.54) is 12.3 Å². The molecule has 1 aromatic heterocycles. The highest BCUT2D eigenvalue weighted by Gasteiger charge is 2.34. The van der Waals surface area contributed by atoms with Crippen LogP contribution in [0.5, 0.6) is 0 Å². The standard InChI is InChI=1S/C12H16F3N3O2S/c1-7(2)4-18(6-12(13,14)15)10(20)9-5-21-11(17-9)16-8(3)19/h5,7H,4,6H2,1-3H3,(H,16,17,19). The molecule has 0 saturated carbocycles. The van der Waals surface area contributed by atoms with Crippen LogP contribution >= 0.6 is 11.3 Å². The molecule has 9 heteroatoms. The van der Waals surface area contributed by atoms with Gasteiger partial charge in [-0.3, -0.25) is 9.59 Å². The molecule has 1 heterocycles. The average molecular weight is 323 g/mol. The van der Waals surface area contributed by atoms with Gasteiger partial charge in [0.25, 0.3) is 5.91 Å². The largest absolute Gasteiger partial charge is 0.406 e. The normalized spacial score (nSPS) is 11.6. The molecule has 0 bridgehead atoms. The third-order valence-corrected chi connectivity index (χ3v) is 3.01. The lowest BCUT2D eigenvalue weighted by molar-refractivity contribution is -0.141. The van der Waals surface area contributed by atoms with Gasteiger partial charge in [-0.2, -0.15) is 13.2 Å². The molecule has 0 saturated heterocycles. The number of hydrogen-bond donors (Lipinski definition) is 1. The molecule has 5 nitrogen and oxygen atoms in total. The Bertz CT molecular complexity index is 514. The van der Waals surface area contributed by atoms with Crippen molar-refractivity contribution in [3.63, 3.8) is 0 Å². The molecule has 1 aromatic rings. The summed E-state index contributed by atoms with van der Waals surface area (Å²) < 4.78 is 37.6. The van der Waals surface area contributed by atoms with Gasteiger partial charge in [-0.15, -0.1) is 11.3 Å². The molecule has 0 atom stereocenters. The number of thiazole rings is 1. The first-order chi connectivity index (χ1) is 9.58. The molecule has 21 heavy (non-hydrogen) atoms. The van der Waals surface area contributed by atoms with E-state index in [0.29, 0.717) is 0 Å². The minimum absolute atomic E-state index is 0.0225. The van der Waals surface area contributed by atoms with E-state index in [4.69, 9.17) is 0 Å². The van der Waals surface area contributed by atoms with Crippen molar-refractivity contribution in [2.24, 2.45) is 5.92 Å². The Labute approximate surface area is 124 Å². The first-order valence-corrected chi connectivity index (χ1v) is 7.05. The van der Waals surface area contributed by atoms with Crippen LogP contribution in [0.25, 0.3) is 0 Å². The van der Waals surface area contributed by atoms with Gasteiger partial charge in [-0.25, -0.2) is 4.98 Å². The number of amides is 2. The number of halogens is 3. The monoisotopic (exact) mass is 323 g/mol. The zero-order chi connectivity index (χ0) is 16.2. The Morgan fingerprint density at radius 2 is 2.05 bits per heavy atom. The second kappa shape index (κ2) is 6.88. The second-order valence-electron chi connectivity index (χ2n) is 4.91. The molecular formula is C12H16F3N3O2S. The van der Waals surface area contributed by atoms with Gasteiger partial charge in [0.05, 0.1) is 0 Å². The zero-order valence-electron chi connectivity index (χ0n) is 11.8. The molecule has 0 aliphatic heterocycles. The summed E-state index contributed by atoms with van der Waals surface area (Å²) in [6, 6.07) is 0. The fraction of sp³-hybridized carbons (Fsp3) is 0.583. The number of anilines is 1. The zero-order valence-corrected chi connectivity index (χ0v) is 12.6. The summed E-state index contributed by atoms with van der Waals surface area (Å²) in [4.78, 5) is 27.5. The molecular weight excluding hydrogens is 307 g/mol. The lowest BCUT2D eigenvalue weighted by atomic mass is 10.2. The van der Waals surface area contributed by atoms with Gasteiger partial charge < -0.3 is 10.2 Å². The van der Waals surface area contributed by atoms with Crippen LogP contribution in [0.4, 0.5) is 18.3 Å². The highest BCUT2D eigenvalue weighted by atomic mass is 32.1. The molecule has 0 spiro atoms. The highest BCUT2D eigenvalue weighted by Crippen LogP contribution is 2.21. The van der Waals surface area contributed by atoms with Crippen LogP contribution in [0.2, 0.25) is 0 Å². The first kappa shape index (κ1) is 17.4. The van der Waals surface area contributed by atoms with Gasteiger partial charge in [0, 0.05) is 18.8 Å². The summed E-state index contributed by atoms with van der Waals surface area (Å²) in [7, 11) is 0. The Balaban J connectivity index is 2.88. The molecule has 0 aromatic carbocycles. The van der Waals surface area contributed by atoms with E-state index in [-0.39, 0.29) is 29.2 Å². The van der Waals surface area contributed by atoms with Crippen molar-refractivity contribution in [2.45, 2.75) is 26.9 Å². The van der Waals surface area contributed by atoms with Crippen LogP contribution < -0.4 is 5.32 Å². The fourth-order valence-corrected chi connectivity index (χ4v) is 2.35. The van der Waals surface area contributed by atoms with E-state index in [1.54, 1.807) is 13.8 Å². The minimum Gasteiger partial charge on any atom is -0.328 e. The number of carbonyl (C=O) groups is 2. The Morgan fingerprint density at radius 3 is 2.52 bits per heavy atom. The predicted molar refractivity (Wildman–Crippen MR) is 73.2 cm³/mol. The van der Waals surface area contributed by atoms with Crippen LogP contribution in [-0.2, 0) is 4.79 Å². The third kappa shape index (κ3) is 6.11. The number of nitrogens with zero attached hydrogens (tertiary/aromatic N) is 2. The summed E-state index contributed by atoms with van der Waals surface area (Å²) in [6.07, 6.45) is -4.47.